The maximum atomic E-state index is 13.0. The average Bonchev–Trinajstić information content (AvgIpc) is 3.29. The highest BCUT2D eigenvalue weighted by Gasteiger charge is 2.47. The SMILES string of the molecule is O=C1C[C@@H]([NH+]2CCSCC2)C(=O)N1c1ccc(N2C(=O)C[C@@H]([NH+]3CCSCC3)C2=O)cc1. The molecule has 4 aliphatic rings. The van der Waals surface area contributed by atoms with Crippen LogP contribution in [0.4, 0.5) is 11.4 Å². The maximum Gasteiger partial charge on any atom is 0.292 e. The zero-order valence-electron chi connectivity index (χ0n) is 17.9. The molecule has 0 unspecified atom stereocenters. The summed E-state index contributed by atoms with van der Waals surface area (Å²) in [6, 6.07) is 6.08. The predicted molar refractivity (Wildman–Crippen MR) is 124 cm³/mol. The second kappa shape index (κ2) is 9.17. The zero-order valence-corrected chi connectivity index (χ0v) is 19.5. The van der Waals surface area contributed by atoms with E-state index in [0.717, 1.165) is 49.2 Å². The number of amides is 4. The molecule has 0 spiro atoms. The normalized spacial score (nSPS) is 28.2. The van der Waals surface area contributed by atoms with Gasteiger partial charge < -0.3 is 9.80 Å². The quantitative estimate of drug-likeness (QED) is 0.500. The van der Waals surface area contributed by atoms with Crippen LogP contribution in [0.25, 0.3) is 0 Å². The Labute approximate surface area is 195 Å². The summed E-state index contributed by atoms with van der Waals surface area (Å²) in [6.45, 7) is 3.61. The number of carbonyl (C=O) groups is 4. The maximum absolute atomic E-state index is 13.0. The van der Waals surface area contributed by atoms with Gasteiger partial charge in [0.15, 0.2) is 12.1 Å². The van der Waals surface area contributed by atoms with Gasteiger partial charge in [-0.1, -0.05) is 0 Å². The van der Waals surface area contributed by atoms with Crippen LogP contribution in [-0.4, -0.2) is 84.9 Å². The van der Waals surface area contributed by atoms with Crippen LogP contribution in [0, 0.1) is 0 Å². The highest BCUT2D eigenvalue weighted by atomic mass is 32.2. The molecule has 4 fully saturated rings. The molecular weight excluding hydrogens is 448 g/mol. The van der Waals surface area contributed by atoms with Crippen molar-refractivity contribution in [2.24, 2.45) is 0 Å². The fourth-order valence-electron chi connectivity index (χ4n) is 5.16. The highest BCUT2D eigenvalue weighted by Crippen LogP contribution is 2.28. The number of imide groups is 2. The van der Waals surface area contributed by atoms with Crippen molar-refractivity contribution in [3.63, 3.8) is 0 Å². The largest absolute Gasteiger partial charge is 0.323 e. The summed E-state index contributed by atoms with van der Waals surface area (Å²) in [5, 5.41) is 0. The number of nitrogens with zero attached hydrogens (tertiary/aromatic N) is 2. The Morgan fingerprint density at radius 3 is 1.31 bits per heavy atom. The molecule has 170 valence electrons. The van der Waals surface area contributed by atoms with Crippen molar-refractivity contribution < 1.29 is 29.0 Å². The summed E-state index contributed by atoms with van der Waals surface area (Å²) in [5.74, 6) is 3.39. The first-order valence-corrected chi connectivity index (χ1v) is 13.5. The lowest BCUT2D eigenvalue weighted by molar-refractivity contribution is -0.911. The van der Waals surface area contributed by atoms with Crippen molar-refractivity contribution >= 4 is 58.5 Å². The predicted octanol–water partition coefficient (Wildman–Crippen LogP) is -1.79. The van der Waals surface area contributed by atoms with Crippen LogP contribution in [0.3, 0.4) is 0 Å². The van der Waals surface area contributed by atoms with Crippen LogP contribution in [0.15, 0.2) is 24.3 Å². The van der Waals surface area contributed by atoms with E-state index in [0.29, 0.717) is 11.4 Å². The van der Waals surface area contributed by atoms with Gasteiger partial charge in [-0.3, -0.25) is 19.2 Å². The first-order chi connectivity index (χ1) is 15.5. The van der Waals surface area contributed by atoms with Crippen molar-refractivity contribution in [3.05, 3.63) is 24.3 Å². The van der Waals surface area contributed by atoms with Gasteiger partial charge in [-0.2, -0.15) is 23.5 Å². The van der Waals surface area contributed by atoms with Crippen LogP contribution in [0.1, 0.15) is 12.8 Å². The van der Waals surface area contributed by atoms with Crippen molar-refractivity contribution in [2.45, 2.75) is 24.9 Å². The minimum Gasteiger partial charge on any atom is -0.323 e. The van der Waals surface area contributed by atoms with Crippen LogP contribution in [0.5, 0.6) is 0 Å². The summed E-state index contributed by atoms with van der Waals surface area (Å²) in [7, 11) is 0. The number of thioether (sulfide) groups is 2. The van der Waals surface area contributed by atoms with E-state index in [1.807, 2.05) is 23.5 Å². The minimum absolute atomic E-state index is 0.149. The van der Waals surface area contributed by atoms with Crippen LogP contribution in [0.2, 0.25) is 0 Å². The van der Waals surface area contributed by atoms with E-state index in [-0.39, 0.29) is 48.6 Å². The monoisotopic (exact) mass is 476 g/mol. The van der Waals surface area contributed by atoms with Gasteiger partial charge in [0, 0.05) is 23.0 Å². The number of rotatable bonds is 4. The number of carbonyl (C=O) groups excluding carboxylic acids is 4. The summed E-state index contributed by atoms with van der Waals surface area (Å²) in [6.07, 6.45) is 0.477. The van der Waals surface area contributed by atoms with E-state index in [1.165, 1.54) is 19.6 Å². The molecule has 5 rings (SSSR count). The molecule has 1 aromatic rings. The van der Waals surface area contributed by atoms with Crippen LogP contribution in [-0.2, 0) is 19.2 Å². The van der Waals surface area contributed by atoms with Gasteiger partial charge in [-0.15, -0.1) is 0 Å². The van der Waals surface area contributed by atoms with Crippen LogP contribution < -0.4 is 19.6 Å². The lowest BCUT2D eigenvalue weighted by Crippen LogP contribution is -3.18. The lowest BCUT2D eigenvalue weighted by Gasteiger charge is -2.27. The fraction of sp³-hybridized carbons (Fsp3) is 0.545. The molecule has 0 aliphatic carbocycles. The van der Waals surface area contributed by atoms with Crippen molar-refractivity contribution in [1.29, 1.82) is 0 Å². The number of anilines is 2. The number of hydrogen-bond acceptors (Lipinski definition) is 6. The summed E-state index contributed by atoms with van der Waals surface area (Å²) >= 11 is 3.77. The number of nitrogens with one attached hydrogen (secondary N) is 2. The molecule has 0 radical (unpaired) electrons. The molecule has 4 amide bonds. The molecule has 0 aromatic heterocycles. The third-order valence-corrected chi connectivity index (χ3v) is 8.89. The summed E-state index contributed by atoms with van der Waals surface area (Å²) in [4.78, 5) is 56.3. The van der Waals surface area contributed by atoms with Crippen molar-refractivity contribution in [3.8, 4) is 0 Å². The Morgan fingerprint density at radius 1 is 0.625 bits per heavy atom. The third-order valence-electron chi connectivity index (χ3n) is 6.92. The smallest absolute Gasteiger partial charge is 0.292 e. The topological polar surface area (TPSA) is 83.6 Å². The summed E-state index contributed by atoms with van der Waals surface area (Å²) in [5.41, 5.74) is 1.01. The molecule has 0 bridgehead atoms. The van der Waals surface area contributed by atoms with Crippen LogP contribution >= 0.6 is 23.5 Å². The average molecular weight is 477 g/mol. The minimum atomic E-state index is -0.309. The van der Waals surface area contributed by atoms with E-state index in [2.05, 4.69) is 0 Å². The Kier molecular flexibility index (Phi) is 6.28. The molecule has 8 nitrogen and oxygen atoms in total. The molecule has 0 saturated carbocycles. The third kappa shape index (κ3) is 3.98. The number of quaternary nitrogens is 2. The van der Waals surface area contributed by atoms with Gasteiger partial charge in [-0.05, 0) is 24.3 Å². The second-order valence-electron chi connectivity index (χ2n) is 8.71. The van der Waals surface area contributed by atoms with Crippen molar-refractivity contribution in [2.75, 3.05) is 59.0 Å². The highest BCUT2D eigenvalue weighted by molar-refractivity contribution is 7.99. The van der Waals surface area contributed by atoms with E-state index in [9.17, 15) is 19.2 Å². The van der Waals surface area contributed by atoms with Gasteiger partial charge in [0.05, 0.1) is 50.4 Å². The lowest BCUT2D eigenvalue weighted by atomic mass is 10.2. The van der Waals surface area contributed by atoms with Gasteiger partial charge in [0.25, 0.3) is 11.8 Å². The fourth-order valence-corrected chi connectivity index (χ4v) is 7.19. The van der Waals surface area contributed by atoms with Gasteiger partial charge in [-0.25, -0.2) is 9.80 Å². The van der Waals surface area contributed by atoms with Crippen molar-refractivity contribution in [1.82, 2.24) is 0 Å². The zero-order chi connectivity index (χ0) is 22.2. The molecular formula is C22H28N4O4S2+2. The van der Waals surface area contributed by atoms with Gasteiger partial charge in [0.2, 0.25) is 11.8 Å². The summed E-state index contributed by atoms with van der Waals surface area (Å²) < 4.78 is 0. The van der Waals surface area contributed by atoms with E-state index < -0.39 is 0 Å². The molecule has 2 atom stereocenters. The van der Waals surface area contributed by atoms with E-state index >= 15 is 0 Å². The second-order valence-corrected chi connectivity index (χ2v) is 11.2. The molecule has 4 heterocycles. The Balaban J connectivity index is 1.31. The van der Waals surface area contributed by atoms with Gasteiger partial charge >= 0.3 is 0 Å². The Bertz CT molecular complexity index is 853. The molecule has 4 aliphatic heterocycles. The molecule has 1 aromatic carbocycles. The molecule has 4 saturated heterocycles. The molecule has 2 N–H and O–H groups in total. The molecule has 32 heavy (non-hydrogen) atoms. The first-order valence-electron chi connectivity index (χ1n) is 11.2. The molecule has 10 heteroatoms. The number of hydrogen-bond donors (Lipinski definition) is 2. The number of benzene rings is 1. The van der Waals surface area contributed by atoms with E-state index in [1.54, 1.807) is 24.3 Å². The Hall–Kier alpha value is -1.88. The Morgan fingerprint density at radius 2 is 0.969 bits per heavy atom. The van der Waals surface area contributed by atoms with E-state index in [4.69, 9.17) is 0 Å². The van der Waals surface area contributed by atoms with Gasteiger partial charge in [0.1, 0.15) is 0 Å². The standard InChI is InChI=1S/C22H26N4O4S2/c27-19-13-17(23-5-9-31-10-6-23)21(29)25(19)15-1-2-16(4-3-15)26-20(28)14-18(22(26)30)24-7-11-32-12-8-24/h1-4,17-18H,5-14H2/p+2/t17-,18-/m1/s1. The first kappa shape index (κ1) is 21.9.